The number of benzene rings is 1. The third-order valence-electron chi connectivity index (χ3n) is 5.21. The molecule has 0 saturated carbocycles. The molecular weight excluding hydrogens is 370 g/mol. The fraction of sp³-hybridized carbons (Fsp3) is 0.429. The van der Waals surface area contributed by atoms with Crippen molar-refractivity contribution < 1.29 is 9.53 Å². The number of amides is 1. The van der Waals surface area contributed by atoms with Crippen molar-refractivity contribution in [2.45, 2.75) is 46.4 Å². The van der Waals surface area contributed by atoms with Gasteiger partial charge >= 0.3 is 0 Å². The lowest BCUT2D eigenvalue weighted by Crippen LogP contribution is -2.49. The number of aromatic nitrogens is 4. The van der Waals surface area contributed by atoms with Gasteiger partial charge in [0.15, 0.2) is 5.65 Å². The van der Waals surface area contributed by atoms with E-state index in [4.69, 9.17) is 4.74 Å². The molecule has 1 saturated heterocycles. The summed E-state index contributed by atoms with van der Waals surface area (Å²) in [6, 6.07) is 6.03. The minimum atomic E-state index is -0.270. The normalized spacial score (nSPS) is 19.7. The molecule has 0 bridgehead atoms. The molecule has 0 aliphatic carbocycles. The largest absolute Gasteiger partial charge is 0.372 e. The van der Waals surface area contributed by atoms with Crippen molar-refractivity contribution in [3.63, 3.8) is 0 Å². The number of aryl methyl sites for hydroxylation is 2. The number of hydrogen-bond donors (Lipinski definition) is 0. The van der Waals surface area contributed by atoms with E-state index in [-0.39, 0.29) is 30.2 Å². The summed E-state index contributed by atoms with van der Waals surface area (Å²) < 4.78 is 8.69. The third kappa shape index (κ3) is 3.67. The van der Waals surface area contributed by atoms with Crippen molar-refractivity contribution in [1.29, 1.82) is 0 Å². The Bertz CT molecular complexity index is 1120. The predicted octanol–water partition coefficient (Wildman–Crippen LogP) is 1.83. The second-order valence-electron chi connectivity index (χ2n) is 7.82. The van der Waals surface area contributed by atoms with Gasteiger partial charge in [0.25, 0.3) is 5.56 Å². The molecule has 1 aliphatic rings. The highest BCUT2D eigenvalue weighted by molar-refractivity contribution is 5.78. The van der Waals surface area contributed by atoms with Crippen LogP contribution in [0.25, 0.3) is 16.7 Å². The molecular formula is C21H25N5O3. The molecule has 3 aromatic rings. The fourth-order valence-electron chi connectivity index (χ4n) is 3.91. The van der Waals surface area contributed by atoms with Crippen molar-refractivity contribution >= 4 is 16.9 Å². The maximum Gasteiger partial charge on any atom is 0.264 e. The molecule has 1 aromatic carbocycles. The zero-order valence-corrected chi connectivity index (χ0v) is 17.1. The van der Waals surface area contributed by atoms with Crippen LogP contribution < -0.4 is 5.56 Å². The smallest absolute Gasteiger partial charge is 0.264 e. The number of nitrogens with zero attached hydrogens (tertiary/aromatic N) is 5. The molecule has 3 heterocycles. The highest BCUT2D eigenvalue weighted by atomic mass is 16.5. The molecule has 152 valence electrons. The molecule has 1 aliphatic heterocycles. The van der Waals surface area contributed by atoms with Crippen LogP contribution in [0.15, 0.2) is 35.5 Å². The lowest BCUT2D eigenvalue weighted by molar-refractivity contribution is -0.143. The Labute approximate surface area is 168 Å². The predicted molar refractivity (Wildman–Crippen MR) is 109 cm³/mol. The van der Waals surface area contributed by atoms with Gasteiger partial charge in [0.2, 0.25) is 5.91 Å². The summed E-state index contributed by atoms with van der Waals surface area (Å²) in [5.41, 5.74) is 3.30. The molecule has 8 heteroatoms. The number of fused-ring (bicyclic) bond motifs is 1. The Morgan fingerprint density at radius 2 is 1.93 bits per heavy atom. The van der Waals surface area contributed by atoms with Crippen molar-refractivity contribution in [2.24, 2.45) is 0 Å². The Balaban J connectivity index is 1.64. The van der Waals surface area contributed by atoms with E-state index in [0.717, 1.165) is 16.8 Å². The molecule has 4 rings (SSSR count). The van der Waals surface area contributed by atoms with Gasteiger partial charge < -0.3 is 9.64 Å². The highest BCUT2D eigenvalue weighted by Gasteiger charge is 2.26. The molecule has 8 nitrogen and oxygen atoms in total. The van der Waals surface area contributed by atoms with Crippen LogP contribution >= 0.6 is 0 Å². The first-order valence-corrected chi connectivity index (χ1v) is 9.77. The monoisotopic (exact) mass is 395 g/mol. The average Bonchev–Trinajstić information content (AvgIpc) is 3.08. The van der Waals surface area contributed by atoms with Gasteiger partial charge in [-0.2, -0.15) is 5.10 Å². The fourth-order valence-corrected chi connectivity index (χ4v) is 3.91. The number of carbonyl (C=O) groups is 1. The van der Waals surface area contributed by atoms with Crippen molar-refractivity contribution in [1.82, 2.24) is 24.2 Å². The summed E-state index contributed by atoms with van der Waals surface area (Å²) in [6.07, 6.45) is 2.91. The summed E-state index contributed by atoms with van der Waals surface area (Å²) >= 11 is 0. The third-order valence-corrected chi connectivity index (χ3v) is 5.21. The van der Waals surface area contributed by atoms with E-state index >= 15 is 0 Å². The van der Waals surface area contributed by atoms with Gasteiger partial charge in [-0.25, -0.2) is 9.67 Å². The first-order valence-electron chi connectivity index (χ1n) is 9.77. The maximum atomic E-state index is 12.9. The summed E-state index contributed by atoms with van der Waals surface area (Å²) in [7, 11) is 0. The average molecular weight is 395 g/mol. The molecule has 1 amide bonds. The zero-order chi connectivity index (χ0) is 20.7. The summed E-state index contributed by atoms with van der Waals surface area (Å²) in [5.74, 6) is -0.114. The summed E-state index contributed by atoms with van der Waals surface area (Å²) in [5, 5.41) is 4.77. The minimum Gasteiger partial charge on any atom is -0.372 e. The van der Waals surface area contributed by atoms with Crippen LogP contribution in [0.1, 0.15) is 25.0 Å². The van der Waals surface area contributed by atoms with E-state index in [9.17, 15) is 9.59 Å². The summed E-state index contributed by atoms with van der Waals surface area (Å²) in [6.45, 7) is 8.92. The SMILES string of the molecule is Cc1ccc(-n2ncc3c(=O)n(CC(=O)N4C[C@@H](C)O[C@H](C)C4)cnc32)c(C)c1. The van der Waals surface area contributed by atoms with Crippen LogP contribution in [0.4, 0.5) is 0 Å². The molecule has 0 radical (unpaired) electrons. The van der Waals surface area contributed by atoms with Gasteiger partial charge in [-0.15, -0.1) is 0 Å². The minimum absolute atomic E-state index is 0.0176. The molecule has 29 heavy (non-hydrogen) atoms. The lowest BCUT2D eigenvalue weighted by Gasteiger charge is -2.35. The molecule has 0 spiro atoms. The second-order valence-corrected chi connectivity index (χ2v) is 7.82. The van der Waals surface area contributed by atoms with E-state index in [2.05, 4.69) is 16.1 Å². The van der Waals surface area contributed by atoms with E-state index in [0.29, 0.717) is 24.1 Å². The van der Waals surface area contributed by atoms with Gasteiger partial charge in [-0.3, -0.25) is 14.2 Å². The standard InChI is InChI=1S/C21H25N5O3/c1-13-5-6-18(14(2)7-13)26-20-17(8-23-26)21(28)25(12-22-20)11-19(27)24-9-15(3)29-16(4)10-24/h5-8,12,15-16H,9-11H2,1-4H3/t15-,16-/m1/s1. The Hall–Kier alpha value is -3.00. The first kappa shape index (κ1) is 19.3. The quantitative estimate of drug-likeness (QED) is 0.676. The summed E-state index contributed by atoms with van der Waals surface area (Å²) in [4.78, 5) is 31.8. The van der Waals surface area contributed by atoms with Gasteiger partial charge in [-0.1, -0.05) is 17.7 Å². The van der Waals surface area contributed by atoms with Crippen LogP contribution in [-0.2, 0) is 16.1 Å². The number of carbonyl (C=O) groups excluding carboxylic acids is 1. The van der Waals surface area contributed by atoms with Gasteiger partial charge in [0.05, 0.1) is 24.1 Å². The Morgan fingerprint density at radius 1 is 1.21 bits per heavy atom. The molecule has 1 fully saturated rings. The molecule has 2 atom stereocenters. The molecule has 2 aromatic heterocycles. The van der Waals surface area contributed by atoms with Crippen LogP contribution in [0.2, 0.25) is 0 Å². The first-order chi connectivity index (χ1) is 13.8. The van der Waals surface area contributed by atoms with Crippen molar-refractivity contribution in [3.05, 3.63) is 52.2 Å². The van der Waals surface area contributed by atoms with E-state index < -0.39 is 0 Å². The van der Waals surface area contributed by atoms with Gasteiger partial charge in [-0.05, 0) is 39.3 Å². The van der Waals surface area contributed by atoms with Crippen molar-refractivity contribution in [2.75, 3.05) is 13.1 Å². The van der Waals surface area contributed by atoms with Crippen LogP contribution in [0, 0.1) is 13.8 Å². The van der Waals surface area contributed by atoms with Crippen LogP contribution in [0.5, 0.6) is 0 Å². The Kier molecular flexibility index (Phi) is 4.96. The van der Waals surface area contributed by atoms with E-state index in [1.54, 1.807) is 9.58 Å². The number of hydrogen-bond acceptors (Lipinski definition) is 5. The van der Waals surface area contributed by atoms with E-state index in [1.165, 1.54) is 17.1 Å². The van der Waals surface area contributed by atoms with Crippen LogP contribution in [0.3, 0.4) is 0 Å². The number of rotatable bonds is 3. The van der Waals surface area contributed by atoms with Gasteiger partial charge in [0.1, 0.15) is 18.3 Å². The van der Waals surface area contributed by atoms with Gasteiger partial charge in [0, 0.05) is 13.1 Å². The Morgan fingerprint density at radius 3 is 2.62 bits per heavy atom. The van der Waals surface area contributed by atoms with E-state index in [1.807, 2.05) is 39.8 Å². The highest BCUT2D eigenvalue weighted by Crippen LogP contribution is 2.19. The topological polar surface area (TPSA) is 82.2 Å². The lowest BCUT2D eigenvalue weighted by atomic mass is 10.1. The molecule has 0 unspecified atom stereocenters. The molecule has 0 N–H and O–H groups in total. The number of ether oxygens (including phenoxy) is 1. The second kappa shape index (κ2) is 7.44. The maximum absolute atomic E-state index is 12.9. The van der Waals surface area contributed by atoms with Crippen LogP contribution in [-0.4, -0.2) is 55.4 Å². The van der Waals surface area contributed by atoms with Crippen molar-refractivity contribution in [3.8, 4) is 5.69 Å². The zero-order valence-electron chi connectivity index (χ0n) is 17.1. The number of morpholine rings is 1.